The van der Waals surface area contributed by atoms with Crippen LogP contribution < -0.4 is 11.4 Å². The van der Waals surface area contributed by atoms with Gasteiger partial charge in [-0.25, -0.2) is 4.79 Å². The van der Waals surface area contributed by atoms with E-state index in [0.717, 1.165) is 43.1 Å². The number of amides is 1. The fourth-order valence-electron chi connectivity index (χ4n) is 4.35. The Morgan fingerprint density at radius 1 is 1.10 bits per heavy atom. The van der Waals surface area contributed by atoms with E-state index in [4.69, 9.17) is 5.73 Å². The van der Waals surface area contributed by atoms with Gasteiger partial charge in [-0.05, 0) is 43.0 Å². The first-order valence-corrected chi connectivity index (χ1v) is 10.4. The SMILES string of the molecule is NCCN(CCc1ccccc1)C(=O)c1ccc2c(c1)[nH]c(=O)n2C1CCCC1. The number of aromatic nitrogens is 2. The normalized spacial score (nSPS) is 14.5. The number of fused-ring (bicyclic) bond motifs is 1. The van der Waals surface area contributed by atoms with Gasteiger partial charge in [-0.15, -0.1) is 0 Å². The quantitative estimate of drug-likeness (QED) is 0.648. The molecule has 4 rings (SSSR count). The molecule has 0 spiro atoms. The maximum absolute atomic E-state index is 13.1. The van der Waals surface area contributed by atoms with Crippen LogP contribution >= 0.6 is 0 Å². The third kappa shape index (κ3) is 4.12. The second-order valence-electron chi connectivity index (χ2n) is 7.79. The zero-order chi connectivity index (χ0) is 20.2. The molecule has 6 heteroatoms. The predicted molar refractivity (Wildman–Crippen MR) is 115 cm³/mol. The fraction of sp³-hybridized carbons (Fsp3) is 0.391. The Hall–Kier alpha value is -2.86. The fourth-order valence-corrected chi connectivity index (χ4v) is 4.35. The number of aromatic amines is 1. The lowest BCUT2D eigenvalue weighted by Crippen LogP contribution is -2.36. The standard InChI is InChI=1S/C23H28N4O2/c24-13-15-26(14-12-17-6-2-1-3-7-17)22(28)18-10-11-21-20(16-18)25-23(29)27(21)19-8-4-5-9-19/h1-3,6-7,10-11,16,19H,4-5,8-9,12-15,24H2,(H,25,29). The number of carbonyl (C=O) groups excluding carboxylic acids is 1. The Bertz CT molecular complexity index is 1030. The van der Waals surface area contributed by atoms with E-state index in [-0.39, 0.29) is 17.6 Å². The summed E-state index contributed by atoms with van der Waals surface area (Å²) in [4.78, 5) is 30.3. The van der Waals surface area contributed by atoms with Crippen molar-refractivity contribution in [2.45, 2.75) is 38.1 Å². The third-order valence-electron chi connectivity index (χ3n) is 5.85. The van der Waals surface area contributed by atoms with Crippen molar-refractivity contribution in [2.75, 3.05) is 19.6 Å². The summed E-state index contributed by atoms with van der Waals surface area (Å²) < 4.78 is 1.86. The molecule has 0 atom stereocenters. The largest absolute Gasteiger partial charge is 0.337 e. The minimum absolute atomic E-state index is 0.0530. The van der Waals surface area contributed by atoms with E-state index >= 15 is 0 Å². The van der Waals surface area contributed by atoms with Gasteiger partial charge in [0, 0.05) is 31.2 Å². The van der Waals surface area contributed by atoms with Gasteiger partial charge in [0.05, 0.1) is 11.0 Å². The Morgan fingerprint density at radius 2 is 1.86 bits per heavy atom. The number of imidazole rings is 1. The molecule has 1 heterocycles. The van der Waals surface area contributed by atoms with E-state index in [2.05, 4.69) is 17.1 Å². The van der Waals surface area contributed by atoms with Crippen LogP contribution in [0.4, 0.5) is 0 Å². The van der Waals surface area contributed by atoms with Gasteiger partial charge in [-0.3, -0.25) is 9.36 Å². The Morgan fingerprint density at radius 3 is 2.59 bits per heavy atom. The Balaban J connectivity index is 1.56. The number of nitrogens with two attached hydrogens (primary N) is 1. The van der Waals surface area contributed by atoms with Crippen LogP contribution in [0, 0.1) is 0 Å². The van der Waals surface area contributed by atoms with Crippen LogP contribution in [0.2, 0.25) is 0 Å². The summed E-state index contributed by atoms with van der Waals surface area (Å²) in [7, 11) is 0. The summed E-state index contributed by atoms with van der Waals surface area (Å²) in [6.07, 6.45) is 5.18. The Labute approximate surface area is 170 Å². The van der Waals surface area contributed by atoms with E-state index in [1.54, 1.807) is 11.0 Å². The van der Waals surface area contributed by atoms with Crippen molar-refractivity contribution in [1.82, 2.24) is 14.5 Å². The number of benzene rings is 2. The average Bonchev–Trinajstić information content (AvgIpc) is 3.37. The highest BCUT2D eigenvalue weighted by molar-refractivity contribution is 5.97. The molecule has 0 aliphatic heterocycles. The van der Waals surface area contributed by atoms with Crippen LogP contribution in [-0.2, 0) is 6.42 Å². The van der Waals surface area contributed by atoms with E-state index in [9.17, 15) is 9.59 Å². The van der Waals surface area contributed by atoms with Crippen molar-refractivity contribution in [3.8, 4) is 0 Å². The second-order valence-corrected chi connectivity index (χ2v) is 7.79. The molecular formula is C23H28N4O2. The minimum Gasteiger partial charge on any atom is -0.337 e. The van der Waals surface area contributed by atoms with Gasteiger partial charge in [-0.1, -0.05) is 43.2 Å². The summed E-state index contributed by atoms with van der Waals surface area (Å²) >= 11 is 0. The molecule has 1 aliphatic carbocycles. The lowest BCUT2D eigenvalue weighted by atomic mass is 10.1. The molecule has 1 fully saturated rings. The van der Waals surface area contributed by atoms with Gasteiger partial charge in [0.15, 0.2) is 0 Å². The number of H-pyrrole nitrogens is 1. The van der Waals surface area contributed by atoms with Crippen molar-refractivity contribution in [1.29, 1.82) is 0 Å². The first-order chi connectivity index (χ1) is 14.2. The molecule has 3 N–H and O–H groups in total. The minimum atomic E-state index is -0.0839. The predicted octanol–water partition coefficient (Wildman–Crippen LogP) is 3.09. The van der Waals surface area contributed by atoms with Gasteiger partial charge in [0.2, 0.25) is 0 Å². The lowest BCUT2D eigenvalue weighted by molar-refractivity contribution is 0.0762. The number of hydrogen-bond donors (Lipinski definition) is 2. The Kier molecular flexibility index (Phi) is 5.81. The van der Waals surface area contributed by atoms with E-state index in [0.29, 0.717) is 25.2 Å². The maximum Gasteiger partial charge on any atom is 0.326 e. The van der Waals surface area contributed by atoms with Crippen molar-refractivity contribution in [3.63, 3.8) is 0 Å². The molecule has 2 aromatic carbocycles. The number of rotatable bonds is 7. The van der Waals surface area contributed by atoms with E-state index in [1.807, 2.05) is 34.9 Å². The van der Waals surface area contributed by atoms with Crippen molar-refractivity contribution < 1.29 is 4.79 Å². The highest BCUT2D eigenvalue weighted by Gasteiger charge is 2.22. The number of carbonyl (C=O) groups is 1. The number of hydrogen-bond acceptors (Lipinski definition) is 3. The smallest absolute Gasteiger partial charge is 0.326 e. The summed E-state index contributed by atoms with van der Waals surface area (Å²) in [5, 5.41) is 0. The molecule has 0 radical (unpaired) electrons. The van der Waals surface area contributed by atoms with Crippen LogP contribution in [-0.4, -0.2) is 40.0 Å². The molecule has 29 heavy (non-hydrogen) atoms. The van der Waals surface area contributed by atoms with Gasteiger partial charge >= 0.3 is 5.69 Å². The van der Waals surface area contributed by atoms with Crippen molar-refractivity contribution >= 4 is 16.9 Å². The molecule has 1 aliphatic rings. The molecule has 0 saturated heterocycles. The van der Waals surface area contributed by atoms with Crippen LogP contribution in [0.5, 0.6) is 0 Å². The molecule has 152 valence electrons. The molecule has 0 bridgehead atoms. The highest BCUT2D eigenvalue weighted by atomic mass is 16.2. The van der Waals surface area contributed by atoms with Crippen LogP contribution in [0.25, 0.3) is 11.0 Å². The zero-order valence-corrected chi connectivity index (χ0v) is 16.6. The second kappa shape index (κ2) is 8.66. The van der Waals surface area contributed by atoms with Crippen LogP contribution in [0.15, 0.2) is 53.3 Å². The van der Waals surface area contributed by atoms with Gasteiger partial charge < -0.3 is 15.6 Å². The summed E-state index contributed by atoms with van der Waals surface area (Å²) in [6.45, 7) is 1.53. The van der Waals surface area contributed by atoms with Crippen molar-refractivity contribution in [3.05, 3.63) is 70.1 Å². The van der Waals surface area contributed by atoms with E-state index < -0.39 is 0 Å². The first kappa shape index (κ1) is 19.5. The summed E-state index contributed by atoms with van der Waals surface area (Å²) in [5.74, 6) is -0.0530. The highest BCUT2D eigenvalue weighted by Crippen LogP contribution is 2.30. The molecule has 1 aromatic heterocycles. The average molecular weight is 393 g/mol. The van der Waals surface area contributed by atoms with Crippen LogP contribution in [0.3, 0.4) is 0 Å². The monoisotopic (exact) mass is 392 g/mol. The summed E-state index contributed by atoms with van der Waals surface area (Å²) in [5.41, 5.74) is 9.05. The van der Waals surface area contributed by atoms with E-state index in [1.165, 1.54) is 5.56 Å². The first-order valence-electron chi connectivity index (χ1n) is 10.4. The van der Waals surface area contributed by atoms with Gasteiger partial charge in [-0.2, -0.15) is 0 Å². The number of nitrogens with one attached hydrogen (secondary N) is 1. The molecule has 3 aromatic rings. The lowest BCUT2D eigenvalue weighted by Gasteiger charge is -2.22. The molecular weight excluding hydrogens is 364 g/mol. The molecule has 0 unspecified atom stereocenters. The summed E-state index contributed by atoms with van der Waals surface area (Å²) in [6, 6.07) is 15.9. The third-order valence-corrected chi connectivity index (χ3v) is 5.85. The molecule has 6 nitrogen and oxygen atoms in total. The van der Waals surface area contributed by atoms with Crippen LogP contribution in [0.1, 0.15) is 47.6 Å². The maximum atomic E-state index is 13.1. The topological polar surface area (TPSA) is 84.1 Å². The molecule has 1 saturated carbocycles. The van der Waals surface area contributed by atoms with Crippen molar-refractivity contribution in [2.24, 2.45) is 5.73 Å². The number of nitrogens with zero attached hydrogens (tertiary/aromatic N) is 2. The molecule has 1 amide bonds. The van der Waals surface area contributed by atoms with Gasteiger partial charge in [0.1, 0.15) is 0 Å². The van der Waals surface area contributed by atoms with Gasteiger partial charge in [0.25, 0.3) is 5.91 Å². The zero-order valence-electron chi connectivity index (χ0n) is 16.6.